The van der Waals surface area contributed by atoms with Gasteiger partial charge in [-0.05, 0) is 31.9 Å². The lowest BCUT2D eigenvalue weighted by atomic mass is 9.84. The van der Waals surface area contributed by atoms with E-state index < -0.39 is 0 Å². The van der Waals surface area contributed by atoms with Gasteiger partial charge in [-0.1, -0.05) is 12.5 Å². The first-order valence-corrected chi connectivity index (χ1v) is 5.48. The fourth-order valence-electron chi connectivity index (χ4n) is 1.71. The predicted octanol–water partition coefficient (Wildman–Crippen LogP) is 2.06. The monoisotopic (exact) mass is 204 g/mol. The summed E-state index contributed by atoms with van der Waals surface area (Å²) in [6.07, 6.45) is 5.03. The van der Waals surface area contributed by atoms with Crippen molar-refractivity contribution in [2.45, 2.75) is 32.2 Å². The van der Waals surface area contributed by atoms with Gasteiger partial charge < -0.3 is 5.32 Å². The lowest BCUT2D eigenvalue weighted by molar-refractivity contribution is -0.128. The molecule has 0 aliphatic heterocycles. The molecule has 3 nitrogen and oxygen atoms in total. The molecule has 80 valence electrons. The molecule has 2 rings (SSSR count). The fraction of sp³-hybridized carbons (Fsp3) is 0.500. The van der Waals surface area contributed by atoms with Crippen molar-refractivity contribution in [1.82, 2.24) is 10.3 Å². The summed E-state index contributed by atoms with van der Waals surface area (Å²) in [4.78, 5) is 15.9. The SMILES string of the molecule is CC(NC(=O)C1CCC1)c1ccccn1. The third-order valence-corrected chi connectivity index (χ3v) is 2.97. The van der Waals surface area contributed by atoms with E-state index in [0.717, 1.165) is 18.5 Å². The van der Waals surface area contributed by atoms with Crippen molar-refractivity contribution in [3.63, 3.8) is 0 Å². The number of carbonyl (C=O) groups is 1. The largest absolute Gasteiger partial charge is 0.348 e. The molecule has 0 saturated heterocycles. The Morgan fingerprint density at radius 2 is 2.33 bits per heavy atom. The number of pyridine rings is 1. The standard InChI is InChI=1S/C12H16N2O/c1-9(11-7-2-3-8-13-11)14-12(15)10-5-4-6-10/h2-3,7-10H,4-6H2,1H3,(H,14,15). The predicted molar refractivity (Wildman–Crippen MR) is 58.1 cm³/mol. The van der Waals surface area contributed by atoms with Gasteiger partial charge in [-0.2, -0.15) is 0 Å². The van der Waals surface area contributed by atoms with Gasteiger partial charge in [-0.15, -0.1) is 0 Å². The van der Waals surface area contributed by atoms with E-state index in [0.29, 0.717) is 0 Å². The zero-order valence-corrected chi connectivity index (χ0v) is 8.94. The molecule has 0 aromatic carbocycles. The van der Waals surface area contributed by atoms with Crippen molar-refractivity contribution < 1.29 is 4.79 Å². The third-order valence-electron chi connectivity index (χ3n) is 2.97. The lowest BCUT2D eigenvalue weighted by Crippen LogP contribution is -2.36. The first-order chi connectivity index (χ1) is 7.27. The summed E-state index contributed by atoms with van der Waals surface area (Å²) in [6, 6.07) is 5.77. The van der Waals surface area contributed by atoms with Crippen molar-refractivity contribution in [2.24, 2.45) is 5.92 Å². The maximum Gasteiger partial charge on any atom is 0.223 e. The average molecular weight is 204 g/mol. The smallest absolute Gasteiger partial charge is 0.223 e. The Morgan fingerprint density at radius 1 is 1.53 bits per heavy atom. The second-order valence-electron chi connectivity index (χ2n) is 4.11. The number of rotatable bonds is 3. The minimum Gasteiger partial charge on any atom is -0.348 e. The van der Waals surface area contributed by atoms with E-state index in [1.54, 1.807) is 6.20 Å². The van der Waals surface area contributed by atoms with Crippen LogP contribution in [-0.2, 0) is 4.79 Å². The minimum atomic E-state index is 0.0132. The number of hydrogen-bond donors (Lipinski definition) is 1. The quantitative estimate of drug-likeness (QED) is 0.818. The van der Waals surface area contributed by atoms with Crippen LogP contribution in [0.15, 0.2) is 24.4 Å². The van der Waals surface area contributed by atoms with Crippen molar-refractivity contribution in [1.29, 1.82) is 0 Å². The summed E-state index contributed by atoms with van der Waals surface area (Å²) < 4.78 is 0. The van der Waals surface area contributed by atoms with Crippen molar-refractivity contribution in [2.75, 3.05) is 0 Å². The lowest BCUT2D eigenvalue weighted by Gasteiger charge is -2.25. The maximum absolute atomic E-state index is 11.7. The number of amides is 1. The van der Waals surface area contributed by atoms with Crippen LogP contribution in [0.2, 0.25) is 0 Å². The molecule has 1 aliphatic carbocycles. The first-order valence-electron chi connectivity index (χ1n) is 5.48. The van der Waals surface area contributed by atoms with Gasteiger partial charge in [0.15, 0.2) is 0 Å². The summed E-state index contributed by atoms with van der Waals surface area (Å²) in [5.74, 6) is 0.426. The highest BCUT2D eigenvalue weighted by Gasteiger charge is 2.26. The van der Waals surface area contributed by atoms with Gasteiger partial charge in [-0.3, -0.25) is 9.78 Å². The van der Waals surface area contributed by atoms with Crippen LogP contribution in [0.3, 0.4) is 0 Å². The Labute approximate surface area is 89.9 Å². The number of carbonyl (C=O) groups excluding carboxylic acids is 1. The highest BCUT2D eigenvalue weighted by molar-refractivity contribution is 5.79. The summed E-state index contributed by atoms with van der Waals surface area (Å²) in [5, 5.41) is 3.00. The van der Waals surface area contributed by atoms with Crippen LogP contribution in [0.25, 0.3) is 0 Å². The van der Waals surface area contributed by atoms with Crippen LogP contribution in [0.1, 0.15) is 37.9 Å². The molecule has 1 heterocycles. The molecule has 0 spiro atoms. The first kappa shape index (κ1) is 10.1. The average Bonchev–Trinajstić information content (AvgIpc) is 2.16. The molecule has 3 heteroatoms. The Morgan fingerprint density at radius 3 is 2.87 bits per heavy atom. The van der Waals surface area contributed by atoms with E-state index in [1.165, 1.54) is 6.42 Å². The molecule has 1 aromatic rings. The molecule has 1 fully saturated rings. The number of aromatic nitrogens is 1. The zero-order valence-electron chi connectivity index (χ0n) is 8.94. The zero-order chi connectivity index (χ0) is 10.7. The van der Waals surface area contributed by atoms with Crippen molar-refractivity contribution >= 4 is 5.91 Å². The van der Waals surface area contributed by atoms with Crippen LogP contribution in [0.5, 0.6) is 0 Å². The highest BCUT2D eigenvalue weighted by atomic mass is 16.2. The maximum atomic E-state index is 11.7. The van der Waals surface area contributed by atoms with E-state index in [2.05, 4.69) is 10.3 Å². The Balaban J connectivity index is 1.91. The molecule has 1 amide bonds. The van der Waals surface area contributed by atoms with Gasteiger partial charge >= 0.3 is 0 Å². The van der Waals surface area contributed by atoms with E-state index >= 15 is 0 Å². The Hall–Kier alpha value is -1.38. The summed E-state index contributed by atoms with van der Waals surface area (Å²) in [6.45, 7) is 1.97. The van der Waals surface area contributed by atoms with Gasteiger partial charge in [0, 0.05) is 12.1 Å². The minimum absolute atomic E-state index is 0.0132. The molecule has 0 radical (unpaired) electrons. The van der Waals surface area contributed by atoms with Gasteiger partial charge in [0.05, 0.1) is 11.7 Å². The molecule has 1 N–H and O–H groups in total. The van der Waals surface area contributed by atoms with E-state index in [4.69, 9.17) is 0 Å². The van der Waals surface area contributed by atoms with Crippen LogP contribution in [0.4, 0.5) is 0 Å². The van der Waals surface area contributed by atoms with Crippen LogP contribution >= 0.6 is 0 Å². The third kappa shape index (κ3) is 2.35. The number of nitrogens with zero attached hydrogens (tertiary/aromatic N) is 1. The molecule has 1 aliphatic rings. The molecule has 1 aromatic heterocycles. The van der Waals surface area contributed by atoms with Crippen LogP contribution in [0, 0.1) is 5.92 Å². The highest BCUT2D eigenvalue weighted by Crippen LogP contribution is 2.27. The molecule has 15 heavy (non-hydrogen) atoms. The second-order valence-corrected chi connectivity index (χ2v) is 4.11. The van der Waals surface area contributed by atoms with Crippen LogP contribution in [-0.4, -0.2) is 10.9 Å². The number of hydrogen-bond acceptors (Lipinski definition) is 2. The molecule has 0 bridgehead atoms. The van der Waals surface area contributed by atoms with Gasteiger partial charge in [0.25, 0.3) is 0 Å². The summed E-state index contributed by atoms with van der Waals surface area (Å²) >= 11 is 0. The Kier molecular flexibility index (Phi) is 2.99. The second kappa shape index (κ2) is 4.43. The van der Waals surface area contributed by atoms with Crippen molar-refractivity contribution in [3.05, 3.63) is 30.1 Å². The molecule has 1 unspecified atom stereocenters. The van der Waals surface area contributed by atoms with Gasteiger partial charge in [0.1, 0.15) is 0 Å². The fourth-order valence-corrected chi connectivity index (χ4v) is 1.71. The molecular weight excluding hydrogens is 188 g/mol. The Bertz CT molecular complexity index is 333. The molecule has 1 saturated carbocycles. The number of nitrogens with one attached hydrogen (secondary N) is 1. The van der Waals surface area contributed by atoms with Crippen LogP contribution < -0.4 is 5.32 Å². The topological polar surface area (TPSA) is 42.0 Å². The van der Waals surface area contributed by atoms with E-state index in [1.807, 2.05) is 25.1 Å². The summed E-state index contributed by atoms with van der Waals surface area (Å²) in [7, 11) is 0. The molecule has 1 atom stereocenters. The summed E-state index contributed by atoms with van der Waals surface area (Å²) in [5.41, 5.74) is 0.921. The van der Waals surface area contributed by atoms with Gasteiger partial charge in [-0.25, -0.2) is 0 Å². The normalized spacial score (nSPS) is 17.9. The van der Waals surface area contributed by atoms with E-state index in [-0.39, 0.29) is 17.9 Å². The van der Waals surface area contributed by atoms with Crippen molar-refractivity contribution in [3.8, 4) is 0 Å². The van der Waals surface area contributed by atoms with Gasteiger partial charge in [0.2, 0.25) is 5.91 Å². The van der Waals surface area contributed by atoms with E-state index in [9.17, 15) is 4.79 Å². The molecular formula is C12H16N2O.